The zero-order valence-electron chi connectivity index (χ0n) is 9.66. The minimum atomic E-state index is -2.80. The summed E-state index contributed by atoms with van der Waals surface area (Å²) in [5, 5.41) is 0. The van der Waals surface area contributed by atoms with Crippen molar-refractivity contribution in [3.8, 4) is 0 Å². The van der Waals surface area contributed by atoms with Gasteiger partial charge in [0, 0.05) is 5.41 Å². The lowest BCUT2D eigenvalue weighted by Crippen LogP contribution is -2.33. The fourth-order valence-corrected chi connectivity index (χ4v) is 2.86. The van der Waals surface area contributed by atoms with Crippen molar-refractivity contribution in [2.24, 2.45) is 16.1 Å². The molecule has 0 aromatic carbocycles. The summed E-state index contributed by atoms with van der Waals surface area (Å²) in [5.41, 5.74) is 5.72. The summed E-state index contributed by atoms with van der Waals surface area (Å²) < 4.78 is 22.4. The van der Waals surface area contributed by atoms with Gasteiger partial charge in [0.2, 0.25) is 0 Å². The summed E-state index contributed by atoms with van der Waals surface area (Å²) in [6.07, 6.45) is 1.22. The highest BCUT2D eigenvalue weighted by Crippen LogP contribution is 2.19. The molecule has 0 unspecified atom stereocenters. The van der Waals surface area contributed by atoms with Gasteiger partial charge in [-0.25, -0.2) is 8.42 Å². The van der Waals surface area contributed by atoms with E-state index in [9.17, 15) is 8.42 Å². The highest BCUT2D eigenvalue weighted by Gasteiger charge is 2.24. The van der Waals surface area contributed by atoms with Crippen LogP contribution in [0.2, 0.25) is 0 Å². The monoisotopic (exact) mass is 232 g/mol. The van der Waals surface area contributed by atoms with Gasteiger partial charge in [-0.15, -0.1) is 0 Å². The maximum atomic E-state index is 11.2. The first-order valence-electron chi connectivity index (χ1n) is 5.25. The number of amidine groups is 1. The summed E-state index contributed by atoms with van der Waals surface area (Å²) in [4.78, 5) is 4.40. The van der Waals surface area contributed by atoms with Crippen LogP contribution in [-0.2, 0) is 9.84 Å². The van der Waals surface area contributed by atoms with Crippen molar-refractivity contribution in [1.29, 1.82) is 0 Å². The second-order valence-corrected chi connectivity index (χ2v) is 7.45. The summed E-state index contributed by atoms with van der Waals surface area (Å²) in [7, 11) is -2.80. The lowest BCUT2D eigenvalue weighted by molar-refractivity contribution is 0.533. The predicted molar refractivity (Wildman–Crippen MR) is 62.8 cm³/mol. The Morgan fingerprint density at radius 2 is 1.73 bits per heavy atom. The number of rotatable bonds is 1. The highest BCUT2D eigenvalue weighted by molar-refractivity contribution is 7.91. The van der Waals surface area contributed by atoms with Crippen LogP contribution < -0.4 is 5.73 Å². The van der Waals surface area contributed by atoms with Crippen LogP contribution in [0.1, 0.15) is 33.6 Å². The molecule has 0 aliphatic carbocycles. The van der Waals surface area contributed by atoms with E-state index in [0.29, 0.717) is 18.7 Å². The Bertz CT molecular complexity index is 338. The molecule has 1 aliphatic rings. The smallest absolute Gasteiger partial charge is 0.150 e. The van der Waals surface area contributed by atoms with E-state index in [0.717, 1.165) is 0 Å². The van der Waals surface area contributed by atoms with Gasteiger partial charge >= 0.3 is 0 Å². The van der Waals surface area contributed by atoms with E-state index in [1.807, 2.05) is 20.8 Å². The minimum absolute atomic E-state index is 0.0905. The van der Waals surface area contributed by atoms with Crippen LogP contribution in [0.3, 0.4) is 0 Å². The van der Waals surface area contributed by atoms with E-state index in [1.165, 1.54) is 0 Å². The fourth-order valence-electron chi connectivity index (χ4n) is 1.40. The molecule has 0 radical (unpaired) electrons. The van der Waals surface area contributed by atoms with Crippen LogP contribution in [0.5, 0.6) is 0 Å². The van der Waals surface area contributed by atoms with Crippen molar-refractivity contribution < 1.29 is 8.42 Å². The topological polar surface area (TPSA) is 72.5 Å². The number of hydrogen-bond donors (Lipinski definition) is 1. The number of sulfone groups is 1. The lowest BCUT2D eigenvalue weighted by Gasteiger charge is -2.23. The molecule has 4 nitrogen and oxygen atoms in total. The Hall–Kier alpha value is -0.580. The molecule has 0 bridgehead atoms. The first-order valence-corrected chi connectivity index (χ1v) is 7.07. The van der Waals surface area contributed by atoms with Gasteiger partial charge in [0.05, 0.1) is 23.4 Å². The van der Waals surface area contributed by atoms with Gasteiger partial charge in [-0.05, 0) is 12.8 Å². The fraction of sp³-hybridized carbons (Fsp3) is 0.900. The Kier molecular flexibility index (Phi) is 3.43. The largest absolute Gasteiger partial charge is 0.387 e. The standard InChI is InChI=1S/C10H20N2O2S/c1-10(2,3)9(11)12-8-4-6-15(13,14)7-5-8/h8H,4-7H2,1-3H3,(H2,11,12). The molecule has 0 atom stereocenters. The molecule has 1 heterocycles. The van der Waals surface area contributed by atoms with E-state index in [-0.39, 0.29) is 23.0 Å². The molecule has 5 heteroatoms. The normalized spacial score (nSPS) is 24.1. The van der Waals surface area contributed by atoms with Crippen LogP contribution in [-0.4, -0.2) is 31.8 Å². The molecule has 0 aromatic rings. The zero-order chi connectivity index (χ0) is 11.7. The first-order chi connectivity index (χ1) is 6.71. The van der Waals surface area contributed by atoms with Crippen molar-refractivity contribution in [2.75, 3.05) is 11.5 Å². The van der Waals surface area contributed by atoms with E-state index < -0.39 is 9.84 Å². The zero-order valence-corrected chi connectivity index (χ0v) is 10.5. The quantitative estimate of drug-likeness (QED) is 0.541. The molecule has 2 N–H and O–H groups in total. The maximum absolute atomic E-state index is 11.2. The third kappa shape index (κ3) is 3.81. The summed E-state index contributed by atoms with van der Waals surface area (Å²) in [6.45, 7) is 6.02. The van der Waals surface area contributed by atoms with Crippen LogP contribution in [0.15, 0.2) is 4.99 Å². The summed E-state index contributed by atoms with van der Waals surface area (Å²) in [5.74, 6) is 1.11. The van der Waals surface area contributed by atoms with Crippen molar-refractivity contribution in [3.63, 3.8) is 0 Å². The maximum Gasteiger partial charge on any atom is 0.150 e. The van der Waals surface area contributed by atoms with Crippen molar-refractivity contribution in [1.82, 2.24) is 0 Å². The molecule has 1 rings (SSSR count). The van der Waals surface area contributed by atoms with Gasteiger partial charge in [-0.2, -0.15) is 0 Å². The number of nitrogens with two attached hydrogens (primary N) is 1. The molecule has 1 aliphatic heterocycles. The Morgan fingerprint density at radius 3 is 2.13 bits per heavy atom. The van der Waals surface area contributed by atoms with Crippen molar-refractivity contribution >= 4 is 15.7 Å². The third-order valence-electron chi connectivity index (χ3n) is 2.61. The first kappa shape index (κ1) is 12.5. The Morgan fingerprint density at radius 1 is 1.27 bits per heavy atom. The number of hydrogen-bond acceptors (Lipinski definition) is 3. The second-order valence-electron chi connectivity index (χ2n) is 5.15. The summed E-state index contributed by atoms with van der Waals surface area (Å²) in [6, 6.07) is 0.0905. The molecule has 0 amide bonds. The summed E-state index contributed by atoms with van der Waals surface area (Å²) >= 11 is 0. The highest BCUT2D eigenvalue weighted by atomic mass is 32.2. The lowest BCUT2D eigenvalue weighted by atomic mass is 9.95. The Balaban J connectivity index is 2.63. The SMILES string of the molecule is CC(C)(C)C(N)=NC1CCS(=O)(=O)CC1. The van der Waals surface area contributed by atoms with Gasteiger partial charge in [-0.3, -0.25) is 4.99 Å². The van der Waals surface area contributed by atoms with Gasteiger partial charge in [-0.1, -0.05) is 20.8 Å². The molecule has 88 valence electrons. The molecule has 15 heavy (non-hydrogen) atoms. The minimum Gasteiger partial charge on any atom is -0.387 e. The molecule has 1 fully saturated rings. The Labute approximate surface area is 91.9 Å². The number of nitrogens with zero attached hydrogens (tertiary/aromatic N) is 1. The predicted octanol–water partition coefficient (Wildman–Crippen LogP) is 0.967. The van der Waals surface area contributed by atoms with E-state index in [1.54, 1.807) is 0 Å². The van der Waals surface area contributed by atoms with E-state index >= 15 is 0 Å². The number of aliphatic imine (C=N–C) groups is 1. The average molecular weight is 232 g/mol. The van der Waals surface area contributed by atoms with E-state index in [4.69, 9.17) is 5.73 Å². The van der Waals surface area contributed by atoms with Gasteiger partial charge < -0.3 is 5.73 Å². The molecule has 1 saturated heterocycles. The van der Waals surface area contributed by atoms with E-state index in [2.05, 4.69) is 4.99 Å². The van der Waals surface area contributed by atoms with Gasteiger partial charge in [0.25, 0.3) is 0 Å². The second kappa shape index (κ2) is 4.12. The van der Waals surface area contributed by atoms with Crippen LogP contribution in [0.25, 0.3) is 0 Å². The van der Waals surface area contributed by atoms with Gasteiger partial charge in [0.1, 0.15) is 9.84 Å². The van der Waals surface area contributed by atoms with Crippen LogP contribution in [0.4, 0.5) is 0 Å². The van der Waals surface area contributed by atoms with Gasteiger partial charge in [0.15, 0.2) is 0 Å². The van der Waals surface area contributed by atoms with Crippen molar-refractivity contribution in [2.45, 2.75) is 39.7 Å². The average Bonchev–Trinajstić information content (AvgIpc) is 2.07. The third-order valence-corrected chi connectivity index (χ3v) is 4.33. The molecular formula is C10H20N2O2S. The molecule has 0 spiro atoms. The molecule has 0 saturated carbocycles. The van der Waals surface area contributed by atoms with Crippen molar-refractivity contribution in [3.05, 3.63) is 0 Å². The molecular weight excluding hydrogens is 212 g/mol. The van der Waals surface area contributed by atoms with Crippen LogP contribution in [0, 0.1) is 5.41 Å². The van der Waals surface area contributed by atoms with Crippen LogP contribution >= 0.6 is 0 Å². The molecule has 0 aromatic heterocycles.